The van der Waals surface area contributed by atoms with Gasteiger partial charge in [-0.05, 0) is 57.0 Å². The van der Waals surface area contributed by atoms with Crippen molar-refractivity contribution in [1.29, 1.82) is 0 Å². The largest absolute Gasteiger partial charge is 0.478 e. The second kappa shape index (κ2) is 14.7. The average Bonchev–Trinajstić information content (AvgIpc) is 3.63. The zero-order valence-corrected chi connectivity index (χ0v) is 28.8. The summed E-state index contributed by atoms with van der Waals surface area (Å²) < 4.78 is 10.7. The van der Waals surface area contributed by atoms with Gasteiger partial charge in [0.1, 0.15) is 22.7 Å². The molecule has 3 amide bonds. The minimum atomic E-state index is -1.81. The van der Waals surface area contributed by atoms with Gasteiger partial charge in [-0.25, -0.2) is 19.1 Å². The Morgan fingerprint density at radius 3 is 2.54 bits per heavy atom. The molecule has 20 nitrogen and oxygen atoms in total. The molecular weight excluding hydrogens is 695 g/mol. The van der Waals surface area contributed by atoms with Crippen molar-refractivity contribution in [3.05, 3.63) is 17.1 Å². The average molecular weight is 728 g/mol. The van der Waals surface area contributed by atoms with Crippen LogP contribution in [0.4, 0.5) is 9.93 Å². The number of carbonyl (C=O) groups excluding carboxylic acids is 3. The number of thioether (sulfide) groups is 2. The van der Waals surface area contributed by atoms with Gasteiger partial charge in [0.25, 0.3) is 11.8 Å². The van der Waals surface area contributed by atoms with Gasteiger partial charge in [-0.1, -0.05) is 16.9 Å². The van der Waals surface area contributed by atoms with Crippen molar-refractivity contribution < 1.29 is 43.8 Å². The summed E-state index contributed by atoms with van der Waals surface area (Å²) in [5.41, 5.74) is 2.92. The maximum Gasteiger partial charge on any atom is 0.407 e. The summed E-state index contributed by atoms with van der Waals surface area (Å²) >= 11 is 3.19. The molecule has 2 aromatic heterocycles. The van der Waals surface area contributed by atoms with Crippen LogP contribution in [0.1, 0.15) is 46.9 Å². The minimum Gasteiger partial charge on any atom is -0.478 e. The van der Waals surface area contributed by atoms with Crippen LogP contribution in [0.3, 0.4) is 0 Å². The maximum absolute atomic E-state index is 13.2. The van der Waals surface area contributed by atoms with Crippen molar-refractivity contribution in [1.82, 2.24) is 45.1 Å². The first-order chi connectivity index (χ1) is 22.5. The number of hydrogen-bond acceptors (Lipinski definition) is 17. The zero-order valence-electron chi connectivity index (χ0n) is 26.3. The van der Waals surface area contributed by atoms with E-state index in [0.717, 1.165) is 16.4 Å². The molecule has 260 valence electrons. The summed E-state index contributed by atoms with van der Waals surface area (Å²) in [6, 6.07) is -1.14. The molecule has 6 N–H and O–H groups in total. The smallest absolute Gasteiger partial charge is 0.407 e. The lowest BCUT2D eigenvalue weighted by Crippen LogP contribution is -2.71. The standard InChI is InChI=1S/C25H33N11O9S3/c1-24(2,3)44-23(43)27-7-6-8-35-22(30-33-34-35)47-10-11-9-46-18-13(17(38)36(18)14(11)19(39)40)28-16(37)12(15-29-21(26)48-32-15)31-45-25(4,5)20(41)42/h13,18H,6-10H2,1-5H3,(H,27,43)(H,28,37)(H,39,40)(H,41,42)(H2,26,29,32)/t13?,18-/m0/s1. The molecule has 0 radical (unpaired) electrons. The quantitative estimate of drug-likeness (QED) is 0.0569. The van der Waals surface area contributed by atoms with Gasteiger partial charge in [-0.3, -0.25) is 14.5 Å². The van der Waals surface area contributed by atoms with Crippen LogP contribution in [0.25, 0.3) is 0 Å². The number of aliphatic carboxylic acids is 2. The number of aryl methyl sites for hydroxylation is 1. The predicted octanol–water partition coefficient (Wildman–Crippen LogP) is 0.136. The monoisotopic (exact) mass is 727 g/mol. The third kappa shape index (κ3) is 8.69. The molecule has 2 aliphatic rings. The molecule has 0 aromatic carbocycles. The molecular formula is C25H33N11O9S3. The summed E-state index contributed by atoms with van der Waals surface area (Å²) in [6.45, 7) is 8.39. The number of rotatable bonds is 14. The Balaban J connectivity index is 1.40. The number of nitrogens with two attached hydrogens (primary N) is 1. The number of amides is 3. The van der Waals surface area contributed by atoms with E-state index in [1.54, 1.807) is 20.8 Å². The first kappa shape index (κ1) is 36.3. The van der Waals surface area contributed by atoms with E-state index in [4.69, 9.17) is 15.3 Å². The number of fused-ring (bicyclic) bond motifs is 1. The van der Waals surface area contributed by atoms with Gasteiger partial charge < -0.3 is 36.2 Å². The summed E-state index contributed by atoms with van der Waals surface area (Å²) in [5, 5.41) is 39.5. The van der Waals surface area contributed by atoms with E-state index in [2.05, 4.69) is 40.7 Å². The highest BCUT2D eigenvalue weighted by Crippen LogP contribution is 2.41. The van der Waals surface area contributed by atoms with Crippen molar-refractivity contribution in [3.63, 3.8) is 0 Å². The van der Waals surface area contributed by atoms with Gasteiger partial charge in [0, 0.05) is 36.1 Å². The molecule has 0 spiro atoms. The molecule has 1 fully saturated rings. The molecule has 0 aliphatic carbocycles. The fraction of sp³-hybridized carbons (Fsp3) is 0.560. The molecule has 2 aliphatic heterocycles. The van der Waals surface area contributed by atoms with E-state index < -0.39 is 58.2 Å². The lowest BCUT2D eigenvalue weighted by Gasteiger charge is -2.49. The van der Waals surface area contributed by atoms with E-state index in [1.807, 2.05) is 0 Å². The molecule has 4 rings (SSSR count). The van der Waals surface area contributed by atoms with Gasteiger partial charge in [0.2, 0.25) is 22.3 Å². The van der Waals surface area contributed by atoms with Crippen molar-refractivity contribution >= 4 is 75.7 Å². The number of nitrogens with zero attached hydrogens (tertiary/aromatic N) is 8. The highest BCUT2D eigenvalue weighted by molar-refractivity contribution is 8.01. The number of carboxylic acid groups (broad SMARTS) is 2. The van der Waals surface area contributed by atoms with Crippen LogP contribution >= 0.6 is 35.1 Å². The zero-order chi connectivity index (χ0) is 35.4. The molecule has 4 heterocycles. The van der Waals surface area contributed by atoms with Crippen LogP contribution < -0.4 is 16.4 Å². The van der Waals surface area contributed by atoms with Crippen molar-refractivity contribution in [2.75, 3.05) is 23.8 Å². The van der Waals surface area contributed by atoms with Crippen molar-refractivity contribution in [3.8, 4) is 0 Å². The Kier molecular flexibility index (Phi) is 11.1. The van der Waals surface area contributed by atoms with Crippen LogP contribution in [0.2, 0.25) is 0 Å². The predicted molar refractivity (Wildman–Crippen MR) is 171 cm³/mol. The number of β-lactam (4-membered cyclic amide) rings is 1. The second-order valence-corrected chi connectivity index (χ2v) is 14.5. The van der Waals surface area contributed by atoms with Crippen LogP contribution in [-0.2, 0) is 35.3 Å². The van der Waals surface area contributed by atoms with Gasteiger partial charge in [-0.2, -0.15) is 9.36 Å². The Morgan fingerprint density at radius 2 is 1.92 bits per heavy atom. The van der Waals surface area contributed by atoms with Crippen LogP contribution in [0.15, 0.2) is 21.6 Å². The Labute approximate surface area is 285 Å². The number of carboxylic acids is 2. The summed E-state index contributed by atoms with van der Waals surface area (Å²) in [7, 11) is 0. The van der Waals surface area contributed by atoms with Gasteiger partial charge in [-0.15, -0.1) is 16.9 Å². The number of tetrazole rings is 1. The molecule has 1 unspecified atom stereocenters. The highest BCUT2D eigenvalue weighted by Gasteiger charge is 2.54. The topological polar surface area (TPSA) is 279 Å². The van der Waals surface area contributed by atoms with Crippen LogP contribution in [0.5, 0.6) is 0 Å². The normalized spacial score (nSPS) is 18.1. The minimum absolute atomic E-state index is 0.00241. The number of nitrogen functional groups attached to an aromatic ring is 1. The number of anilines is 1. The van der Waals surface area contributed by atoms with Gasteiger partial charge in [0.05, 0.1) is 0 Å². The molecule has 0 bridgehead atoms. The maximum atomic E-state index is 13.2. The van der Waals surface area contributed by atoms with Crippen LogP contribution in [-0.4, -0.2) is 121 Å². The number of aromatic nitrogens is 6. The number of ether oxygens (including phenoxy) is 1. The number of oxime groups is 1. The SMILES string of the molecule is CC(C)(C)OC(=O)NCCCn1nnnc1SCC1=C(C(=O)O)N2C(=O)C(NC(=O)C(=NOC(C)(C)C(=O)O)c3nsc(N)n3)[C@@H]2SC1. The molecule has 2 atom stereocenters. The summed E-state index contributed by atoms with van der Waals surface area (Å²) in [4.78, 5) is 72.2. The first-order valence-corrected chi connectivity index (χ1v) is 16.9. The Hall–Kier alpha value is -4.51. The number of alkyl carbamates (subject to hydrolysis) is 1. The van der Waals surface area contributed by atoms with Gasteiger partial charge >= 0.3 is 18.0 Å². The van der Waals surface area contributed by atoms with E-state index >= 15 is 0 Å². The second-order valence-electron chi connectivity index (χ2n) is 11.7. The van der Waals surface area contributed by atoms with E-state index in [-0.39, 0.29) is 28.2 Å². The highest BCUT2D eigenvalue weighted by atomic mass is 32.2. The third-order valence-electron chi connectivity index (χ3n) is 6.37. The third-order valence-corrected chi connectivity index (χ3v) is 9.30. The van der Waals surface area contributed by atoms with Crippen molar-refractivity contribution in [2.24, 2.45) is 5.16 Å². The summed E-state index contributed by atoms with van der Waals surface area (Å²) in [6.07, 6.45) is -0.0447. The Morgan fingerprint density at radius 1 is 1.19 bits per heavy atom. The van der Waals surface area contributed by atoms with Gasteiger partial charge in [0.15, 0.2) is 5.13 Å². The number of carbonyl (C=O) groups is 5. The van der Waals surface area contributed by atoms with E-state index in [0.29, 0.717) is 30.2 Å². The lowest BCUT2D eigenvalue weighted by molar-refractivity contribution is -0.161. The number of hydrogen-bond donors (Lipinski definition) is 5. The van der Waals surface area contributed by atoms with Crippen LogP contribution in [0, 0.1) is 0 Å². The molecule has 48 heavy (non-hydrogen) atoms. The van der Waals surface area contributed by atoms with Crippen molar-refractivity contribution in [2.45, 2.75) is 75.4 Å². The fourth-order valence-corrected chi connectivity index (χ4v) is 6.87. The number of nitrogens with one attached hydrogen (secondary N) is 2. The summed E-state index contributed by atoms with van der Waals surface area (Å²) in [5.74, 6) is -4.19. The lowest BCUT2D eigenvalue weighted by atomic mass is 10.0. The first-order valence-electron chi connectivity index (χ1n) is 14.1. The fourth-order valence-electron chi connectivity index (χ4n) is 4.04. The molecule has 2 aromatic rings. The molecule has 0 saturated carbocycles. The van der Waals surface area contributed by atoms with E-state index in [1.165, 1.54) is 42.1 Å². The van der Waals surface area contributed by atoms with E-state index in [9.17, 15) is 34.2 Å². The molecule has 1 saturated heterocycles. The molecule has 23 heteroatoms. The Bertz CT molecular complexity index is 1650.